The van der Waals surface area contributed by atoms with Crippen LogP contribution in [0.25, 0.3) is 0 Å². The second-order valence-corrected chi connectivity index (χ2v) is 6.20. The molecular weight excluding hydrogens is 348 g/mol. The smallest absolute Gasteiger partial charge is 0.224 e. The van der Waals surface area contributed by atoms with E-state index in [4.69, 9.17) is 4.74 Å². The van der Waals surface area contributed by atoms with Crippen molar-refractivity contribution >= 4 is 33.4 Å². The molecule has 0 bridgehead atoms. The molecule has 0 atom stereocenters. The van der Waals surface area contributed by atoms with Gasteiger partial charge in [-0.3, -0.25) is 9.59 Å². The Labute approximate surface area is 139 Å². The number of hydrogen-bond donors (Lipinski definition) is 0. The zero-order valence-corrected chi connectivity index (χ0v) is 14.6. The summed E-state index contributed by atoms with van der Waals surface area (Å²) < 4.78 is 6.20. The molecule has 1 fully saturated rings. The van der Waals surface area contributed by atoms with Crippen molar-refractivity contribution in [1.82, 2.24) is 4.90 Å². The highest BCUT2D eigenvalue weighted by Gasteiger charge is 2.19. The Morgan fingerprint density at radius 1 is 1.32 bits per heavy atom. The van der Waals surface area contributed by atoms with E-state index in [1.165, 1.54) is 6.92 Å². The molecule has 2 amide bonds. The number of anilines is 1. The first-order chi connectivity index (χ1) is 10.5. The Bertz CT molecular complexity index is 556. The summed E-state index contributed by atoms with van der Waals surface area (Å²) in [5.74, 6) is 0.00579. The van der Waals surface area contributed by atoms with Crippen molar-refractivity contribution in [2.75, 3.05) is 37.7 Å². The molecule has 0 spiro atoms. The maximum Gasteiger partial charge on any atom is 0.224 e. The van der Waals surface area contributed by atoms with Crippen molar-refractivity contribution in [2.24, 2.45) is 0 Å². The number of hydrogen-bond acceptors (Lipinski definition) is 3. The molecule has 120 valence electrons. The van der Waals surface area contributed by atoms with E-state index in [-0.39, 0.29) is 11.8 Å². The van der Waals surface area contributed by atoms with E-state index in [0.29, 0.717) is 39.3 Å². The summed E-state index contributed by atoms with van der Waals surface area (Å²) in [4.78, 5) is 27.5. The number of nitrogens with zero attached hydrogens (tertiary/aromatic N) is 2. The highest BCUT2D eigenvalue weighted by atomic mass is 79.9. The minimum Gasteiger partial charge on any atom is -0.378 e. The van der Waals surface area contributed by atoms with Gasteiger partial charge in [-0.15, -0.1) is 0 Å². The summed E-state index contributed by atoms with van der Waals surface area (Å²) in [6, 6.07) is 5.77. The van der Waals surface area contributed by atoms with Gasteiger partial charge in [0.05, 0.1) is 13.2 Å². The van der Waals surface area contributed by atoms with Crippen LogP contribution in [0, 0.1) is 6.92 Å². The Hall–Kier alpha value is -1.40. The topological polar surface area (TPSA) is 49.9 Å². The van der Waals surface area contributed by atoms with Gasteiger partial charge in [-0.25, -0.2) is 0 Å². The number of carbonyl (C=O) groups excluding carboxylic acids is 2. The van der Waals surface area contributed by atoms with Gasteiger partial charge in [0.15, 0.2) is 0 Å². The maximum atomic E-state index is 12.2. The molecule has 0 saturated carbocycles. The minimum atomic E-state index is -0.0643. The third kappa shape index (κ3) is 4.30. The van der Waals surface area contributed by atoms with E-state index in [0.717, 1.165) is 15.7 Å². The zero-order valence-electron chi connectivity index (χ0n) is 13.0. The zero-order chi connectivity index (χ0) is 16.1. The molecule has 0 aromatic heterocycles. The Balaban J connectivity index is 2.01. The van der Waals surface area contributed by atoms with Gasteiger partial charge in [-0.1, -0.05) is 22.0 Å². The quantitative estimate of drug-likeness (QED) is 0.819. The number of halogens is 1. The molecule has 6 heteroatoms. The molecule has 1 aromatic carbocycles. The number of ether oxygens (including phenoxy) is 1. The van der Waals surface area contributed by atoms with Crippen molar-refractivity contribution in [3.63, 3.8) is 0 Å². The molecule has 22 heavy (non-hydrogen) atoms. The van der Waals surface area contributed by atoms with E-state index < -0.39 is 0 Å². The molecule has 1 aliphatic rings. The molecule has 1 saturated heterocycles. The van der Waals surface area contributed by atoms with Gasteiger partial charge in [0.2, 0.25) is 11.8 Å². The monoisotopic (exact) mass is 368 g/mol. The van der Waals surface area contributed by atoms with Crippen LogP contribution in [-0.4, -0.2) is 49.6 Å². The fourth-order valence-electron chi connectivity index (χ4n) is 2.40. The van der Waals surface area contributed by atoms with Crippen molar-refractivity contribution in [3.8, 4) is 0 Å². The third-order valence-corrected chi connectivity index (χ3v) is 4.61. The summed E-state index contributed by atoms with van der Waals surface area (Å²) in [6.07, 6.45) is 0.324. The molecule has 5 nitrogen and oxygen atoms in total. The molecule has 0 aliphatic carbocycles. The van der Waals surface area contributed by atoms with E-state index in [1.54, 1.807) is 9.80 Å². The summed E-state index contributed by atoms with van der Waals surface area (Å²) in [6.45, 7) is 6.35. The third-order valence-electron chi connectivity index (χ3n) is 3.76. The normalized spacial score (nSPS) is 14.8. The van der Waals surface area contributed by atoms with Gasteiger partial charge in [-0.05, 0) is 24.6 Å². The van der Waals surface area contributed by atoms with Gasteiger partial charge in [0.25, 0.3) is 0 Å². The second-order valence-electron chi connectivity index (χ2n) is 5.35. The van der Waals surface area contributed by atoms with Crippen LogP contribution in [0.2, 0.25) is 0 Å². The minimum absolute atomic E-state index is 0.0643. The number of benzene rings is 1. The van der Waals surface area contributed by atoms with Gasteiger partial charge in [-0.2, -0.15) is 0 Å². The van der Waals surface area contributed by atoms with E-state index in [9.17, 15) is 9.59 Å². The molecule has 0 unspecified atom stereocenters. The molecule has 1 aliphatic heterocycles. The van der Waals surface area contributed by atoms with Crippen LogP contribution in [0.4, 0.5) is 5.69 Å². The van der Waals surface area contributed by atoms with Crippen molar-refractivity contribution < 1.29 is 14.3 Å². The first kappa shape index (κ1) is 17.0. The Morgan fingerprint density at radius 2 is 2.00 bits per heavy atom. The largest absolute Gasteiger partial charge is 0.378 e. The summed E-state index contributed by atoms with van der Waals surface area (Å²) in [7, 11) is 0. The average Bonchev–Trinajstić information content (AvgIpc) is 2.51. The maximum absolute atomic E-state index is 12.2. The summed E-state index contributed by atoms with van der Waals surface area (Å²) >= 11 is 3.48. The van der Waals surface area contributed by atoms with Crippen LogP contribution < -0.4 is 4.90 Å². The SMILES string of the molecule is CC(=O)N(CCC(=O)N1CCOCC1)c1ccc(C)c(Br)c1. The number of rotatable bonds is 4. The van der Waals surface area contributed by atoms with Crippen LogP contribution in [0.5, 0.6) is 0 Å². The van der Waals surface area contributed by atoms with Crippen molar-refractivity contribution in [3.05, 3.63) is 28.2 Å². The lowest BCUT2D eigenvalue weighted by molar-refractivity contribution is -0.135. The molecule has 0 radical (unpaired) electrons. The van der Waals surface area contributed by atoms with Crippen molar-refractivity contribution in [1.29, 1.82) is 0 Å². The fourth-order valence-corrected chi connectivity index (χ4v) is 2.76. The van der Waals surface area contributed by atoms with Crippen LogP contribution >= 0.6 is 15.9 Å². The molecule has 2 rings (SSSR count). The highest BCUT2D eigenvalue weighted by molar-refractivity contribution is 9.10. The summed E-state index contributed by atoms with van der Waals surface area (Å²) in [5, 5.41) is 0. The van der Waals surface area contributed by atoms with Gasteiger partial charge in [0.1, 0.15) is 0 Å². The number of amides is 2. The number of carbonyl (C=O) groups is 2. The van der Waals surface area contributed by atoms with Gasteiger partial charge < -0.3 is 14.5 Å². The van der Waals surface area contributed by atoms with Crippen LogP contribution in [0.3, 0.4) is 0 Å². The second kappa shape index (κ2) is 7.74. The Morgan fingerprint density at radius 3 is 2.59 bits per heavy atom. The lowest BCUT2D eigenvalue weighted by atomic mass is 10.2. The van der Waals surface area contributed by atoms with Gasteiger partial charge >= 0.3 is 0 Å². The van der Waals surface area contributed by atoms with E-state index >= 15 is 0 Å². The van der Waals surface area contributed by atoms with Crippen LogP contribution in [-0.2, 0) is 14.3 Å². The molecule has 1 aromatic rings. The lowest BCUT2D eigenvalue weighted by Crippen LogP contribution is -2.42. The lowest BCUT2D eigenvalue weighted by Gasteiger charge is -2.28. The standard InChI is InChI=1S/C16H21BrN2O3/c1-12-3-4-14(11-15(12)17)19(13(2)20)6-5-16(21)18-7-9-22-10-8-18/h3-4,11H,5-10H2,1-2H3. The first-order valence-electron chi connectivity index (χ1n) is 7.39. The molecule has 0 N–H and O–H groups in total. The van der Waals surface area contributed by atoms with E-state index in [2.05, 4.69) is 15.9 Å². The number of morpholine rings is 1. The average molecular weight is 369 g/mol. The predicted octanol–water partition coefficient (Wildman–Crippen LogP) is 2.36. The van der Waals surface area contributed by atoms with Gasteiger partial charge in [0, 0.05) is 43.1 Å². The molecule has 1 heterocycles. The van der Waals surface area contributed by atoms with Crippen LogP contribution in [0.15, 0.2) is 22.7 Å². The first-order valence-corrected chi connectivity index (χ1v) is 8.18. The van der Waals surface area contributed by atoms with Crippen molar-refractivity contribution in [2.45, 2.75) is 20.3 Å². The molecular formula is C16H21BrN2O3. The Kier molecular flexibility index (Phi) is 5.97. The van der Waals surface area contributed by atoms with Crippen LogP contribution in [0.1, 0.15) is 18.9 Å². The predicted molar refractivity (Wildman–Crippen MR) is 88.9 cm³/mol. The number of aryl methyl sites for hydroxylation is 1. The highest BCUT2D eigenvalue weighted by Crippen LogP contribution is 2.24. The van der Waals surface area contributed by atoms with E-state index in [1.807, 2.05) is 25.1 Å². The summed E-state index contributed by atoms with van der Waals surface area (Å²) in [5.41, 5.74) is 1.91. The fraction of sp³-hybridized carbons (Fsp3) is 0.500.